The molecule has 88 heavy (non-hydrogen) atoms. The van der Waals surface area contributed by atoms with Crippen LogP contribution in [0.1, 0.15) is 22.8 Å². The van der Waals surface area contributed by atoms with Crippen molar-refractivity contribution in [3.05, 3.63) is 138 Å². The van der Waals surface area contributed by atoms with Crippen LogP contribution in [-0.4, -0.2) is 202 Å². The fraction of sp³-hybridized carbons (Fsp3) is 0.500. The quantitative estimate of drug-likeness (QED) is 0.0467. The average Bonchev–Trinajstić information content (AvgIpc) is 4.51. The van der Waals surface area contributed by atoms with Gasteiger partial charge in [-0.1, -0.05) is 0 Å². The smallest absolute Gasteiger partial charge is 0.423 e. The zero-order chi connectivity index (χ0) is 63.6. The number of pyridine rings is 3. The lowest BCUT2D eigenvalue weighted by molar-refractivity contribution is -0.389. The van der Waals surface area contributed by atoms with Gasteiger partial charge in [0.2, 0.25) is 0 Å². The first-order valence-electron chi connectivity index (χ1n) is 28.2. The van der Waals surface area contributed by atoms with E-state index in [4.69, 9.17) is 24.7 Å². The number of nitrogens with two attached hydrogens (primary N) is 1. The second-order valence-corrected chi connectivity index (χ2v) is 23.6. The zero-order valence-electron chi connectivity index (χ0n) is 50.4. The predicted octanol–water partition coefficient (Wildman–Crippen LogP) is 2.11. The van der Waals surface area contributed by atoms with Gasteiger partial charge in [0.15, 0.2) is 11.6 Å². The van der Waals surface area contributed by atoms with E-state index in [-0.39, 0.29) is 33.6 Å². The lowest BCUT2D eigenvalue weighted by Crippen LogP contribution is -2.35. The number of nitrogens with zero attached hydrogens (tertiary/aromatic N) is 16. The topological polar surface area (TPSA) is 321 Å². The summed E-state index contributed by atoms with van der Waals surface area (Å²) in [7, 11) is 10.2. The Kier molecular flexibility index (Phi) is 26.2. The molecular weight excluding hydrogens is 1340 g/mol. The van der Waals surface area contributed by atoms with Crippen molar-refractivity contribution >= 4 is 95.0 Å². The number of hydrogen-bond donors (Lipinski definition) is 5. The minimum atomic E-state index is -1.64. The minimum absolute atomic E-state index is 0.0248. The molecule has 11 rings (SSSR count). The number of hydrogen-bond acceptors (Lipinski definition) is 22. The van der Waals surface area contributed by atoms with E-state index >= 15 is 0 Å². The van der Waals surface area contributed by atoms with Crippen LogP contribution in [0.5, 0.6) is 0 Å². The minimum Gasteiger partial charge on any atom is -0.423 e. The molecule has 0 fully saturated rings. The molecule has 7 aromatic rings. The molecule has 0 radical (unpaired) electrons. The largest absolute Gasteiger partial charge is 0.490 e. The Bertz CT molecular complexity index is 3580. The lowest BCUT2D eigenvalue weighted by atomic mass is 9.81. The van der Waals surface area contributed by atoms with Gasteiger partial charge in [0.05, 0.1) is 91.0 Å². The van der Waals surface area contributed by atoms with Crippen molar-refractivity contribution in [2.75, 3.05) is 124 Å². The molecule has 34 heteroatoms. The van der Waals surface area contributed by atoms with Gasteiger partial charge in [0.25, 0.3) is 16.7 Å². The molecule has 4 aliphatic rings. The maximum absolute atomic E-state index is 12.2. The maximum atomic E-state index is 12.2. The van der Waals surface area contributed by atoms with E-state index in [9.17, 15) is 34.5 Å². The van der Waals surface area contributed by atoms with Gasteiger partial charge in [-0.2, -0.15) is 20.0 Å². The zero-order valence-corrected chi connectivity index (χ0v) is 55.2. The molecule has 0 aliphatic carbocycles. The standard InChI is InChI=1S/C15H22BN5O4.C15H20BrN5O2.C9H14N4O3.C9H16N4O.C6H5Br2NO/c1-19-9-11(16(23)24)7-13(15(19)22)17-14-8-12-10-20(5-6-25-2)3-4-21(12)18-14;1-19-9-11(16)7-13(15(19)22)17-14-8-12-10-20(5-6-23-2)3-4-21(12)18-14;1-16-5-4-11-2-3-12-8(7-11)6-9(10-12)13(14)15;1-14-5-4-12-2-3-13-8(7-12)6-9(10)11-13;1-9-3-4(7)2-5(8)6(9)10/h7-9,23-24H,3-6,10H2,1-2H3,(H,17,18);7-9H,3-6,10H2,1-2H3,(H,17,18);6H,2-5,7H2,1H3;6H,2-5,7H2,1H3,(H2,10,11);2-3H,1H3. The number of aryl methyl sites for hydroxylation is 3. The fourth-order valence-electron chi connectivity index (χ4n) is 9.78. The van der Waals surface area contributed by atoms with Gasteiger partial charge >= 0.3 is 12.9 Å². The first-order chi connectivity index (χ1) is 42.1. The van der Waals surface area contributed by atoms with E-state index in [0.29, 0.717) is 53.9 Å². The Balaban J connectivity index is 0.000000162. The highest BCUT2D eigenvalue weighted by Gasteiger charge is 2.25. The summed E-state index contributed by atoms with van der Waals surface area (Å²) >= 11 is 9.80. The normalized spacial score (nSPS) is 14.7. The number of ether oxygens (including phenoxy) is 4. The third-order valence-corrected chi connectivity index (χ3v) is 15.9. The Morgan fingerprint density at radius 2 is 0.909 bits per heavy atom. The second-order valence-electron chi connectivity index (χ2n) is 21.0. The van der Waals surface area contributed by atoms with Gasteiger partial charge in [0, 0.05) is 179 Å². The lowest BCUT2D eigenvalue weighted by Gasteiger charge is -2.26. The van der Waals surface area contributed by atoms with Crippen molar-refractivity contribution in [2.24, 2.45) is 21.1 Å². The third-order valence-electron chi connectivity index (χ3n) is 14.4. The monoisotopic (exact) mass is 1420 g/mol. The molecule has 0 bridgehead atoms. The maximum Gasteiger partial charge on any atom is 0.490 e. The summed E-state index contributed by atoms with van der Waals surface area (Å²) in [6.45, 7) is 16.7. The van der Waals surface area contributed by atoms with Crippen molar-refractivity contribution in [3.8, 4) is 0 Å². The second kappa shape index (κ2) is 33.4. The first kappa shape index (κ1) is 69.1. The summed E-state index contributed by atoms with van der Waals surface area (Å²) < 4.78 is 34.6. The van der Waals surface area contributed by atoms with Crippen LogP contribution in [0.2, 0.25) is 0 Å². The molecule has 6 N–H and O–H groups in total. The van der Waals surface area contributed by atoms with E-state index in [0.717, 1.165) is 131 Å². The number of methoxy groups -OCH3 is 4. The highest BCUT2D eigenvalue weighted by atomic mass is 79.9. The van der Waals surface area contributed by atoms with Crippen LogP contribution in [-0.2, 0) is 92.4 Å². The molecule has 7 aromatic heterocycles. The number of fused-ring (bicyclic) bond motifs is 4. The number of nitrogen functional groups attached to an aromatic ring is 1. The van der Waals surface area contributed by atoms with Crippen molar-refractivity contribution in [3.63, 3.8) is 0 Å². The summed E-state index contributed by atoms with van der Waals surface area (Å²) in [5.41, 5.74) is 10.5. The summed E-state index contributed by atoms with van der Waals surface area (Å²) in [6.07, 6.45) is 4.84. The number of nitrogens with one attached hydrogen (secondary N) is 2. The van der Waals surface area contributed by atoms with Gasteiger partial charge in [-0.15, -0.1) is 0 Å². The van der Waals surface area contributed by atoms with Gasteiger partial charge in [-0.25, -0.2) is 0 Å². The Hall–Kier alpha value is -6.41. The Morgan fingerprint density at radius 1 is 0.534 bits per heavy atom. The van der Waals surface area contributed by atoms with Crippen LogP contribution >= 0.6 is 47.8 Å². The summed E-state index contributed by atoms with van der Waals surface area (Å²) in [5, 5.41) is 52.5. The molecule has 478 valence electrons. The number of rotatable bonds is 18. The molecule has 30 nitrogen and oxygen atoms in total. The number of anilines is 5. The highest BCUT2D eigenvalue weighted by Crippen LogP contribution is 2.23. The Labute approximate surface area is 533 Å². The highest BCUT2D eigenvalue weighted by molar-refractivity contribution is 9.11. The SMILES string of the molecule is COCCN1CCn2nc(N)cc2C1.COCCN1CCn2nc(Nc3cc(B(O)O)cn(C)c3=O)cc2C1.COCCN1CCn2nc(Nc3cc(Br)cn(C)c3=O)cc2C1.COCCN1CCn2nc([N+](=O)[O-])cc2C1.Cn1cc(Br)cc(Br)c1=O. The molecule has 0 amide bonds. The molecule has 4 aliphatic heterocycles. The first-order valence-corrected chi connectivity index (χ1v) is 30.5. The van der Waals surface area contributed by atoms with E-state index in [1.807, 2.05) is 32.2 Å². The van der Waals surface area contributed by atoms with Crippen LogP contribution in [0.25, 0.3) is 0 Å². The van der Waals surface area contributed by atoms with E-state index in [2.05, 4.69) is 98.4 Å². The van der Waals surface area contributed by atoms with Gasteiger partial charge in [-0.3, -0.25) is 48.0 Å². The van der Waals surface area contributed by atoms with Gasteiger partial charge in [-0.05, 0) is 70.9 Å². The summed E-state index contributed by atoms with van der Waals surface area (Å²) in [5.74, 6) is 1.81. The van der Waals surface area contributed by atoms with Crippen LogP contribution in [0.15, 0.2) is 88.9 Å². The average molecular weight is 1420 g/mol. The van der Waals surface area contributed by atoms with E-state index in [1.165, 1.54) is 31.7 Å². The van der Waals surface area contributed by atoms with E-state index in [1.54, 1.807) is 84.9 Å². The molecule has 0 aromatic carbocycles. The van der Waals surface area contributed by atoms with Crippen LogP contribution in [0, 0.1) is 10.1 Å². The number of aromatic nitrogens is 11. The number of halogens is 3. The van der Waals surface area contributed by atoms with Crippen molar-refractivity contribution in [1.29, 1.82) is 0 Å². The molecule has 11 heterocycles. The predicted molar refractivity (Wildman–Crippen MR) is 343 cm³/mol. The van der Waals surface area contributed by atoms with Crippen LogP contribution in [0.4, 0.5) is 34.6 Å². The van der Waals surface area contributed by atoms with Gasteiger partial charge < -0.3 is 69.2 Å². The van der Waals surface area contributed by atoms with Crippen molar-refractivity contribution in [1.82, 2.24) is 72.4 Å². The van der Waals surface area contributed by atoms with Crippen molar-refractivity contribution < 1.29 is 33.9 Å². The Morgan fingerprint density at radius 3 is 1.33 bits per heavy atom. The van der Waals surface area contributed by atoms with Crippen LogP contribution < -0.4 is 38.5 Å². The van der Waals surface area contributed by atoms with Gasteiger partial charge in [0.1, 0.15) is 17.2 Å². The molecule has 0 spiro atoms. The third kappa shape index (κ3) is 19.8. The van der Waals surface area contributed by atoms with Crippen LogP contribution in [0.3, 0.4) is 0 Å². The molecule has 0 unspecified atom stereocenters. The van der Waals surface area contributed by atoms with Crippen molar-refractivity contribution in [2.45, 2.75) is 52.4 Å². The molecular formula is C54H77BBr3N19O11. The fourth-order valence-corrected chi connectivity index (χ4v) is 11.7. The summed E-state index contributed by atoms with van der Waals surface area (Å²) in [4.78, 5) is 54.7. The molecule has 0 saturated carbocycles. The van der Waals surface area contributed by atoms with E-state index < -0.39 is 12.0 Å². The summed E-state index contributed by atoms with van der Waals surface area (Å²) in [6, 6.07) is 12.3. The molecule has 0 atom stereocenters. The number of nitro groups is 1. The molecule has 0 saturated heterocycles.